The Bertz CT molecular complexity index is 455. The number of nitrogens with two attached hydrogens (primary N) is 1. The number of benzene rings is 1. The van der Waals surface area contributed by atoms with E-state index in [-0.39, 0.29) is 10.8 Å². The third kappa shape index (κ3) is 3.11. The maximum Gasteiger partial charge on any atom is 0.0898 e. The van der Waals surface area contributed by atoms with Gasteiger partial charge in [0.15, 0.2) is 0 Å². The van der Waals surface area contributed by atoms with Crippen LogP contribution < -0.4 is 5.73 Å². The highest BCUT2D eigenvalue weighted by molar-refractivity contribution is 8.16. The van der Waals surface area contributed by atoms with Crippen molar-refractivity contribution in [1.82, 2.24) is 0 Å². The smallest absolute Gasteiger partial charge is 0.0898 e. The molecule has 98 valence electrons. The second-order valence-electron chi connectivity index (χ2n) is 4.98. The van der Waals surface area contributed by atoms with Crippen LogP contribution in [0.5, 0.6) is 0 Å². The summed E-state index contributed by atoms with van der Waals surface area (Å²) < 4.78 is 0.0481. The maximum absolute atomic E-state index is 5.99. The van der Waals surface area contributed by atoms with Gasteiger partial charge in [-0.1, -0.05) is 19.1 Å². The van der Waals surface area contributed by atoms with Gasteiger partial charge in [-0.05, 0) is 32.4 Å². The van der Waals surface area contributed by atoms with Crippen molar-refractivity contribution in [2.24, 2.45) is 10.7 Å². The minimum atomic E-state index is 0.0481. The molecule has 1 aliphatic heterocycles. The zero-order chi connectivity index (χ0) is 13.2. The molecule has 1 atom stereocenters. The van der Waals surface area contributed by atoms with Gasteiger partial charge in [0.2, 0.25) is 0 Å². The highest BCUT2D eigenvalue weighted by Gasteiger charge is 2.31. The van der Waals surface area contributed by atoms with Crippen LogP contribution in [0.1, 0.15) is 27.2 Å². The molecule has 0 aromatic heterocycles. The van der Waals surface area contributed by atoms with E-state index in [1.807, 2.05) is 17.8 Å². The van der Waals surface area contributed by atoms with Gasteiger partial charge in [0, 0.05) is 16.7 Å². The second kappa shape index (κ2) is 5.68. The van der Waals surface area contributed by atoms with Gasteiger partial charge in [-0.2, -0.15) is 0 Å². The third-order valence-electron chi connectivity index (χ3n) is 2.93. The first kappa shape index (κ1) is 14.0. The van der Waals surface area contributed by atoms with Gasteiger partial charge in [-0.15, -0.1) is 23.5 Å². The summed E-state index contributed by atoms with van der Waals surface area (Å²) in [5.74, 6) is 0.946. The lowest BCUT2D eigenvalue weighted by Crippen LogP contribution is -2.30. The molecule has 0 bridgehead atoms. The lowest BCUT2D eigenvalue weighted by molar-refractivity contribution is 0.726. The molecule has 0 aliphatic carbocycles. The van der Waals surface area contributed by atoms with Gasteiger partial charge >= 0.3 is 0 Å². The Balaban J connectivity index is 2.20. The maximum atomic E-state index is 5.99. The molecule has 2 rings (SSSR count). The number of para-hydroxylation sites is 1. The van der Waals surface area contributed by atoms with E-state index >= 15 is 0 Å². The summed E-state index contributed by atoms with van der Waals surface area (Å²) in [6.45, 7) is 6.59. The molecule has 0 amide bonds. The van der Waals surface area contributed by atoms with E-state index in [0.717, 1.165) is 17.9 Å². The lowest BCUT2D eigenvalue weighted by atomic mass is 10.2. The molecule has 1 aromatic carbocycles. The molecule has 0 saturated carbocycles. The van der Waals surface area contributed by atoms with Gasteiger partial charge in [0.05, 0.1) is 15.5 Å². The first-order valence-corrected chi connectivity index (χ1v) is 8.08. The monoisotopic (exact) mass is 280 g/mol. The Labute approximate surface area is 118 Å². The van der Waals surface area contributed by atoms with Gasteiger partial charge in [-0.25, -0.2) is 4.99 Å². The van der Waals surface area contributed by atoms with E-state index in [0.29, 0.717) is 0 Å². The summed E-state index contributed by atoms with van der Waals surface area (Å²) in [4.78, 5) is 6.08. The number of hydrogen-bond acceptors (Lipinski definition) is 4. The molecular formula is C14H20N2S2. The minimum absolute atomic E-state index is 0.0481. The van der Waals surface area contributed by atoms with Crippen molar-refractivity contribution in [2.75, 3.05) is 5.75 Å². The van der Waals surface area contributed by atoms with Crippen molar-refractivity contribution in [2.45, 2.75) is 42.9 Å². The molecule has 18 heavy (non-hydrogen) atoms. The van der Waals surface area contributed by atoms with Crippen LogP contribution in [0.15, 0.2) is 34.2 Å². The minimum Gasteiger partial charge on any atom is -0.327 e. The highest BCUT2D eigenvalue weighted by atomic mass is 32.2. The van der Waals surface area contributed by atoms with E-state index in [9.17, 15) is 0 Å². The first-order chi connectivity index (χ1) is 8.53. The molecule has 1 aromatic rings. The van der Waals surface area contributed by atoms with Gasteiger partial charge in [-0.3, -0.25) is 0 Å². The molecule has 0 spiro atoms. The van der Waals surface area contributed by atoms with E-state index in [2.05, 4.69) is 39.0 Å². The number of hydrogen-bond donors (Lipinski definition) is 1. The average molecular weight is 280 g/mol. The van der Waals surface area contributed by atoms with Crippen molar-refractivity contribution in [3.8, 4) is 0 Å². The van der Waals surface area contributed by atoms with Gasteiger partial charge in [0.1, 0.15) is 0 Å². The quantitative estimate of drug-likeness (QED) is 0.907. The predicted octanol–water partition coefficient (Wildman–Crippen LogP) is 4.07. The summed E-state index contributed by atoms with van der Waals surface area (Å²) in [5.41, 5.74) is 7.08. The number of thioether (sulfide) groups is 2. The number of nitrogens with zero attached hydrogens (tertiary/aromatic N) is 1. The van der Waals surface area contributed by atoms with E-state index in [1.54, 1.807) is 11.8 Å². The molecule has 0 radical (unpaired) electrons. The van der Waals surface area contributed by atoms with Crippen LogP contribution in [0, 0.1) is 0 Å². The average Bonchev–Trinajstić information content (AvgIpc) is 2.34. The van der Waals surface area contributed by atoms with E-state index < -0.39 is 0 Å². The Hall–Kier alpha value is -0.450. The van der Waals surface area contributed by atoms with Crippen molar-refractivity contribution < 1.29 is 0 Å². The third-order valence-corrected chi connectivity index (χ3v) is 5.79. The zero-order valence-electron chi connectivity index (χ0n) is 11.1. The van der Waals surface area contributed by atoms with Crippen molar-refractivity contribution in [3.05, 3.63) is 24.3 Å². The van der Waals surface area contributed by atoms with Crippen LogP contribution in [0.2, 0.25) is 0 Å². The van der Waals surface area contributed by atoms with Crippen LogP contribution in [0.3, 0.4) is 0 Å². The fourth-order valence-corrected chi connectivity index (χ4v) is 4.18. The van der Waals surface area contributed by atoms with Crippen LogP contribution in [0.4, 0.5) is 5.69 Å². The van der Waals surface area contributed by atoms with Crippen LogP contribution in [0.25, 0.3) is 0 Å². The van der Waals surface area contributed by atoms with Gasteiger partial charge < -0.3 is 5.73 Å². The second-order valence-corrected chi connectivity index (χ2v) is 7.65. The predicted molar refractivity (Wildman–Crippen MR) is 84.2 cm³/mol. The van der Waals surface area contributed by atoms with Crippen molar-refractivity contribution >= 4 is 34.3 Å². The SMILES string of the molecule is CCC(N)CSC1=Nc2ccccc2SC1(C)C. The number of rotatable bonds is 3. The summed E-state index contributed by atoms with van der Waals surface area (Å²) in [5, 5.41) is 1.19. The molecule has 1 heterocycles. The largest absolute Gasteiger partial charge is 0.327 e. The Kier molecular flexibility index (Phi) is 4.41. The summed E-state index contributed by atoms with van der Waals surface area (Å²) in [7, 11) is 0. The van der Waals surface area contributed by atoms with E-state index in [4.69, 9.17) is 10.7 Å². The zero-order valence-corrected chi connectivity index (χ0v) is 12.8. The first-order valence-electron chi connectivity index (χ1n) is 6.28. The Morgan fingerprint density at radius 3 is 2.83 bits per heavy atom. The van der Waals surface area contributed by atoms with Crippen LogP contribution in [-0.2, 0) is 0 Å². The Morgan fingerprint density at radius 1 is 1.39 bits per heavy atom. The summed E-state index contributed by atoms with van der Waals surface area (Å²) >= 11 is 3.69. The number of aliphatic imine (C=N–C) groups is 1. The lowest BCUT2D eigenvalue weighted by Gasteiger charge is -2.30. The molecule has 4 heteroatoms. The van der Waals surface area contributed by atoms with Gasteiger partial charge in [0.25, 0.3) is 0 Å². The standard InChI is InChI=1S/C14H20N2S2/c1-4-10(15)9-17-13-14(2,3)18-12-8-6-5-7-11(12)16-13/h5-8,10H,4,9,15H2,1-3H3. The van der Waals surface area contributed by atoms with Crippen molar-refractivity contribution in [1.29, 1.82) is 0 Å². The molecule has 2 nitrogen and oxygen atoms in total. The molecule has 0 fully saturated rings. The molecule has 1 unspecified atom stereocenters. The van der Waals surface area contributed by atoms with Crippen molar-refractivity contribution in [3.63, 3.8) is 0 Å². The van der Waals surface area contributed by atoms with Crippen LogP contribution >= 0.6 is 23.5 Å². The highest BCUT2D eigenvalue weighted by Crippen LogP contribution is 2.46. The topological polar surface area (TPSA) is 38.4 Å². The van der Waals surface area contributed by atoms with Crippen LogP contribution in [-0.4, -0.2) is 21.6 Å². The molecule has 2 N–H and O–H groups in total. The molecule has 0 saturated heterocycles. The van der Waals surface area contributed by atoms with E-state index in [1.165, 1.54) is 9.94 Å². The fraction of sp³-hybridized carbons (Fsp3) is 0.500. The Morgan fingerprint density at radius 2 is 2.11 bits per heavy atom. The fourth-order valence-electron chi connectivity index (χ4n) is 1.71. The molecule has 1 aliphatic rings. The summed E-state index contributed by atoms with van der Waals surface area (Å²) in [6, 6.07) is 8.60. The number of fused-ring (bicyclic) bond motifs is 1. The molecular weight excluding hydrogens is 260 g/mol. The normalized spacial score (nSPS) is 19.0. The summed E-state index contributed by atoms with van der Waals surface area (Å²) in [6.07, 6.45) is 1.02.